The van der Waals surface area contributed by atoms with Crippen LogP contribution >= 0.6 is 11.3 Å². The summed E-state index contributed by atoms with van der Waals surface area (Å²) in [5.41, 5.74) is 0.377. The Morgan fingerprint density at radius 1 is 1.53 bits per heavy atom. The van der Waals surface area contributed by atoms with E-state index in [4.69, 9.17) is 0 Å². The molecular formula is C12H20N2O2S. The van der Waals surface area contributed by atoms with Crippen LogP contribution in [0, 0.1) is 5.92 Å². The number of carbonyl (C=O) groups is 1. The van der Waals surface area contributed by atoms with Gasteiger partial charge in [-0.15, -0.1) is 11.3 Å². The summed E-state index contributed by atoms with van der Waals surface area (Å²) in [6, 6.07) is 0. The molecule has 0 aliphatic carbocycles. The molecule has 0 saturated carbocycles. The number of ether oxygens (including phenoxy) is 1. The first kappa shape index (κ1) is 14.0. The van der Waals surface area contributed by atoms with Crippen molar-refractivity contribution in [3.05, 3.63) is 11.1 Å². The molecule has 1 N–H and O–H groups in total. The van der Waals surface area contributed by atoms with Crippen molar-refractivity contribution in [1.82, 2.24) is 4.98 Å². The van der Waals surface area contributed by atoms with E-state index in [9.17, 15) is 4.79 Å². The molecule has 1 rings (SSSR count). The van der Waals surface area contributed by atoms with E-state index in [1.165, 1.54) is 31.3 Å². The number of rotatable bonds is 7. The first-order valence-corrected chi connectivity index (χ1v) is 6.79. The normalized spacial score (nSPS) is 10.6. The second-order valence-electron chi connectivity index (χ2n) is 4.35. The molecule has 0 atom stereocenters. The van der Waals surface area contributed by atoms with E-state index in [2.05, 4.69) is 28.9 Å². The number of unbranched alkanes of at least 4 members (excludes halogenated alkanes) is 1. The highest BCUT2D eigenvalue weighted by Gasteiger charge is 2.09. The molecule has 0 aromatic carbocycles. The van der Waals surface area contributed by atoms with Gasteiger partial charge < -0.3 is 10.1 Å². The first-order valence-electron chi connectivity index (χ1n) is 5.91. The van der Waals surface area contributed by atoms with Gasteiger partial charge in [-0.05, 0) is 12.3 Å². The lowest BCUT2D eigenvalue weighted by Gasteiger charge is -2.04. The molecule has 0 fully saturated rings. The van der Waals surface area contributed by atoms with Gasteiger partial charge in [0.15, 0.2) is 10.8 Å². The number of esters is 1. The maximum absolute atomic E-state index is 11.2. The summed E-state index contributed by atoms with van der Waals surface area (Å²) in [6.07, 6.45) is 3.61. The molecular weight excluding hydrogens is 236 g/mol. The van der Waals surface area contributed by atoms with E-state index >= 15 is 0 Å². The Morgan fingerprint density at radius 3 is 2.94 bits per heavy atom. The number of carbonyl (C=O) groups excluding carboxylic acids is 1. The topological polar surface area (TPSA) is 51.2 Å². The first-order chi connectivity index (χ1) is 8.13. The Kier molecular flexibility index (Phi) is 5.97. The Balaban J connectivity index is 2.23. The molecule has 5 heteroatoms. The highest BCUT2D eigenvalue weighted by Crippen LogP contribution is 2.16. The number of methoxy groups -OCH3 is 1. The third-order valence-corrected chi connectivity index (χ3v) is 3.18. The van der Waals surface area contributed by atoms with Gasteiger partial charge in [-0.1, -0.05) is 26.7 Å². The zero-order valence-corrected chi connectivity index (χ0v) is 11.5. The van der Waals surface area contributed by atoms with E-state index in [1.807, 2.05) is 0 Å². The van der Waals surface area contributed by atoms with Gasteiger partial charge in [-0.2, -0.15) is 0 Å². The Bertz CT molecular complexity index is 350. The van der Waals surface area contributed by atoms with Gasteiger partial charge in [-0.3, -0.25) is 0 Å². The lowest BCUT2D eigenvalue weighted by Crippen LogP contribution is -2.04. The molecule has 0 bridgehead atoms. The minimum atomic E-state index is -0.380. The van der Waals surface area contributed by atoms with E-state index < -0.39 is 0 Å². The van der Waals surface area contributed by atoms with Gasteiger partial charge in [0.05, 0.1) is 7.11 Å². The predicted octanol–water partition coefficient (Wildman–Crippen LogP) is 3.17. The van der Waals surface area contributed by atoms with Gasteiger partial charge in [0, 0.05) is 11.9 Å². The number of hydrogen-bond donors (Lipinski definition) is 1. The standard InChI is InChI=1S/C12H20N2O2S/c1-9(2)6-4-5-7-13-12-14-10(8-17-12)11(15)16-3/h8-9H,4-7H2,1-3H3,(H,13,14). The van der Waals surface area contributed by atoms with Crippen molar-refractivity contribution < 1.29 is 9.53 Å². The fourth-order valence-electron chi connectivity index (χ4n) is 1.43. The van der Waals surface area contributed by atoms with Gasteiger partial charge in [0.1, 0.15) is 0 Å². The molecule has 96 valence electrons. The predicted molar refractivity (Wildman–Crippen MR) is 70.6 cm³/mol. The van der Waals surface area contributed by atoms with Gasteiger partial charge >= 0.3 is 5.97 Å². The molecule has 0 aliphatic rings. The van der Waals surface area contributed by atoms with Crippen LogP contribution in [0.1, 0.15) is 43.6 Å². The Hall–Kier alpha value is -1.10. The van der Waals surface area contributed by atoms with Crippen LogP contribution < -0.4 is 5.32 Å². The van der Waals surface area contributed by atoms with Crippen LogP contribution in [0.15, 0.2) is 5.38 Å². The zero-order valence-electron chi connectivity index (χ0n) is 10.7. The molecule has 0 aliphatic heterocycles. The smallest absolute Gasteiger partial charge is 0.357 e. The number of nitrogens with one attached hydrogen (secondary N) is 1. The Labute approximate surface area is 106 Å². The van der Waals surface area contributed by atoms with Crippen molar-refractivity contribution in [1.29, 1.82) is 0 Å². The zero-order chi connectivity index (χ0) is 12.7. The number of anilines is 1. The van der Waals surface area contributed by atoms with E-state index in [0.29, 0.717) is 5.69 Å². The quantitative estimate of drug-likeness (QED) is 0.601. The molecule has 0 spiro atoms. The fraction of sp³-hybridized carbons (Fsp3) is 0.667. The molecule has 0 amide bonds. The monoisotopic (exact) mass is 256 g/mol. The van der Waals surface area contributed by atoms with Crippen molar-refractivity contribution in [2.45, 2.75) is 33.1 Å². The fourth-order valence-corrected chi connectivity index (χ4v) is 2.13. The van der Waals surface area contributed by atoms with Crippen LogP contribution in [0.25, 0.3) is 0 Å². The van der Waals surface area contributed by atoms with Gasteiger partial charge in [0.25, 0.3) is 0 Å². The molecule has 1 aromatic heterocycles. The Morgan fingerprint density at radius 2 is 2.29 bits per heavy atom. The summed E-state index contributed by atoms with van der Waals surface area (Å²) in [5.74, 6) is 0.384. The largest absolute Gasteiger partial charge is 0.464 e. The van der Waals surface area contributed by atoms with Crippen molar-refractivity contribution in [3.63, 3.8) is 0 Å². The van der Waals surface area contributed by atoms with Crippen molar-refractivity contribution in [3.8, 4) is 0 Å². The third kappa shape index (κ3) is 5.17. The number of hydrogen-bond acceptors (Lipinski definition) is 5. The second-order valence-corrected chi connectivity index (χ2v) is 5.20. The molecule has 0 radical (unpaired) electrons. The molecule has 17 heavy (non-hydrogen) atoms. The number of nitrogens with zero attached hydrogens (tertiary/aromatic N) is 1. The van der Waals surface area contributed by atoms with Crippen LogP contribution in [0.2, 0.25) is 0 Å². The van der Waals surface area contributed by atoms with Crippen LogP contribution in [-0.2, 0) is 4.74 Å². The lowest BCUT2D eigenvalue weighted by molar-refractivity contribution is 0.0595. The summed E-state index contributed by atoms with van der Waals surface area (Å²) in [6.45, 7) is 5.37. The van der Waals surface area contributed by atoms with Crippen molar-refractivity contribution >= 4 is 22.4 Å². The summed E-state index contributed by atoms with van der Waals surface area (Å²) in [7, 11) is 1.36. The summed E-state index contributed by atoms with van der Waals surface area (Å²) in [4.78, 5) is 15.3. The third-order valence-electron chi connectivity index (χ3n) is 2.38. The van der Waals surface area contributed by atoms with E-state index in [-0.39, 0.29) is 5.97 Å². The minimum absolute atomic E-state index is 0.377. The van der Waals surface area contributed by atoms with Crippen LogP contribution in [-0.4, -0.2) is 24.6 Å². The molecule has 1 heterocycles. The molecule has 0 unspecified atom stereocenters. The SMILES string of the molecule is COC(=O)c1csc(NCCCCC(C)C)n1. The number of thiazole rings is 1. The maximum atomic E-state index is 11.2. The average molecular weight is 256 g/mol. The summed E-state index contributed by atoms with van der Waals surface area (Å²) in [5, 5.41) is 5.71. The summed E-state index contributed by atoms with van der Waals surface area (Å²) >= 11 is 1.43. The average Bonchev–Trinajstić information content (AvgIpc) is 2.76. The minimum Gasteiger partial charge on any atom is -0.464 e. The van der Waals surface area contributed by atoms with Gasteiger partial charge in [0.2, 0.25) is 0 Å². The molecule has 0 saturated heterocycles. The van der Waals surface area contributed by atoms with Crippen molar-refractivity contribution in [2.24, 2.45) is 5.92 Å². The highest BCUT2D eigenvalue weighted by atomic mass is 32.1. The number of aromatic nitrogens is 1. The highest BCUT2D eigenvalue weighted by molar-refractivity contribution is 7.13. The van der Waals surface area contributed by atoms with Crippen molar-refractivity contribution in [2.75, 3.05) is 19.0 Å². The van der Waals surface area contributed by atoms with Crippen LogP contribution in [0.4, 0.5) is 5.13 Å². The van der Waals surface area contributed by atoms with Gasteiger partial charge in [-0.25, -0.2) is 9.78 Å². The lowest BCUT2D eigenvalue weighted by atomic mass is 10.1. The summed E-state index contributed by atoms with van der Waals surface area (Å²) < 4.78 is 4.60. The second kappa shape index (κ2) is 7.27. The van der Waals surface area contributed by atoms with E-state index in [1.54, 1.807) is 5.38 Å². The maximum Gasteiger partial charge on any atom is 0.357 e. The van der Waals surface area contributed by atoms with E-state index in [0.717, 1.165) is 24.0 Å². The van der Waals surface area contributed by atoms with Crippen LogP contribution in [0.5, 0.6) is 0 Å². The van der Waals surface area contributed by atoms with Crippen LogP contribution in [0.3, 0.4) is 0 Å². The molecule has 4 nitrogen and oxygen atoms in total. The molecule has 1 aromatic rings.